The van der Waals surface area contributed by atoms with Crippen LogP contribution >= 0.6 is 11.8 Å². The van der Waals surface area contributed by atoms with Gasteiger partial charge in [-0.3, -0.25) is 4.79 Å². The summed E-state index contributed by atoms with van der Waals surface area (Å²) in [6.07, 6.45) is 0.0376. The van der Waals surface area contributed by atoms with Gasteiger partial charge in [0.2, 0.25) is 5.91 Å². The molecule has 4 rings (SSSR count). The second kappa shape index (κ2) is 12.8. The van der Waals surface area contributed by atoms with Crippen molar-refractivity contribution in [3.63, 3.8) is 0 Å². The second-order valence-electron chi connectivity index (χ2n) is 8.75. The number of amides is 1. The molecule has 1 amide bonds. The average molecular weight is 556 g/mol. The molecule has 1 atom stereocenters. The van der Waals surface area contributed by atoms with Crippen molar-refractivity contribution in [3.8, 4) is 11.5 Å². The topological polar surface area (TPSA) is 98.7 Å². The molecule has 0 fully saturated rings. The molecule has 2 aromatic carbocycles. The third-order valence-electron chi connectivity index (χ3n) is 6.18. The number of methoxy groups -OCH3 is 3. The van der Waals surface area contributed by atoms with E-state index in [1.165, 1.54) is 31.0 Å². The molecule has 0 aliphatic carbocycles. The number of nitrogens with one attached hydrogen (secondary N) is 1. The molecule has 1 N–H and O–H groups in total. The van der Waals surface area contributed by atoms with Crippen molar-refractivity contribution in [1.29, 1.82) is 0 Å². The molecule has 11 heteroatoms. The van der Waals surface area contributed by atoms with Gasteiger partial charge in [0.15, 0.2) is 5.17 Å². The third-order valence-corrected chi connectivity index (χ3v) is 7.06. The molecule has 2 aromatic rings. The highest BCUT2D eigenvalue weighted by atomic mass is 32.2. The van der Waals surface area contributed by atoms with Crippen LogP contribution in [0.1, 0.15) is 30.5 Å². The Morgan fingerprint density at radius 1 is 1.05 bits per heavy atom. The van der Waals surface area contributed by atoms with Crippen molar-refractivity contribution in [1.82, 2.24) is 10.2 Å². The smallest absolute Gasteiger partial charge is 0.338 e. The standard InChI is InChI=1S/C28H30FN3O6S/c1-17-25(27(34)38-10-9-35-2)26(19-11-22(36-3)14-23(12-19)37-4)32-21(16-39-28(32)31-17)13-24(33)30-15-18-5-7-20(29)8-6-18/h5-8,11-12,14,16,26H,9-10,13,15H2,1-4H3,(H,30,33). The fraction of sp³-hybridized carbons (Fsp3) is 0.321. The number of thioether (sulfide) groups is 1. The van der Waals surface area contributed by atoms with Gasteiger partial charge in [-0.15, -0.1) is 0 Å². The zero-order valence-electron chi connectivity index (χ0n) is 22.2. The van der Waals surface area contributed by atoms with Crippen molar-refractivity contribution >= 4 is 28.8 Å². The van der Waals surface area contributed by atoms with Gasteiger partial charge in [0.1, 0.15) is 23.9 Å². The maximum atomic E-state index is 13.4. The van der Waals surface area contributed by atoms with Crippen molar-refractivity contribution in [2.45, 2.75) is 25.9 Å². The van der Waals surface area contributed by atoms with Crippen LogP contribution in [0.25, 0.3) is 0 Å². The molecule has 0 aromatic heterocycles. The number of fused-ring (bicyclic) bond motifs is 1. The lowest BCUT2D eigenvalue weighted by Gasteiger charge is -2.36. The summed E-state index contributed by atoms with van der Waals surface area (Å²) < 4.78 is 34.7. The van der Waals surface area contributed by atoms with Gasteiger partial charge in [-0.25, -0.2) is 14.2 Å². The van der Waals surface area contributed by atoms with Crippen LogP contribution < -0.4 is 14.8 Å². The Balaban J connectivity index is 1.64. The Kier molecular flexibility index (Phi) is 9.26. The SMILES string of the molecule is COCCOC(=O)C1=C(C)N=C2SC=C(CC(=O)NCc3ccc(F)cc3)N2C1c1cc(OC)cc(OC)c1. The summed E-state index contributed by atoms with van der Waals surface area (Å²) in [5, 5.41) is 5.36. The first-order valence-corrected chi connectivity index (χ1v) is 13.1. The van der Waals surface area contributed by atoms with E-state index in [1.54, 1.807) is 39.3 Å². The molecule has 1 unspecified atom stereocenters. The van der Waals surface area contributed by atoms with Crippen molar-refractivity contribution < 1.29 is 32.9 Å². The number of nitrogens with zero attached hydrogens (tertiary/aromatic N) is 2. The molecule has 2 aliphatic heterocycles. The lowest BCUT2D eigenvalue weighted by Crippen LogP contribution is -2.38. The first kappa shape index (κ1) is 28.2. The molecule has 0 saturated heterocycles. The number of ether oxygens (including phenoxy) is 4. The van der Waals surface area contributed by atoms with Gasteiger partial charge in [0.05, 0.1) is 44.6 Å². The van der Waals surface area contributed by atoms with E-state index in [1.807, 2.05) is 22.4 Å². The molecule has 206 valence electrons. The molecule has 0 spiro atoms. The second-order valence-corrected chi connectivity index (χ2v) is 9.58. The maximum absolute atomic E-state index is 13.4. The van der Waals surface area contributed by atoms with Gasteiger partial charge in [-0.2, -0.15) is 0 Å². The monoisotopic (exact) mass is 555 g/mol. The van der Waals surface area contributed by atoms with Crippen LogP contribution in [0.3, 0.4) is 0 Å². The van der Waals surface area contributed by atoms with Crippen LogP contribution in [0.2, 0.25) is 0 Å². The summed E-state index contributed by atoms with van der Waals surface area (Å²) in [6.45, 7) is 2.35. The number of halogens is 1. The molecule has 39 heavy (non-hydrogen) atoms. The molecule has 2 aliphatic rings. The largest absolute Gasteiger partial charge is 0.497 e. The molecule has 0 radical (unpaired) electrons. The van der Waals surface area contributed by atoms with Gasteiger partial charge in [0.25, 0.3) is 0 Å². The van der Waals surface area contributed by atoms with Crippen LogP contribution in [0.4, 0.5) is 4.39 Å². The quantitative estimate of drug-likeness (QED) is 0.324. The van der Waals surface area contributed by atoms with Gasteiger partial charge < -0.3 is 29.2 Å². The fourth-order valence-electron chi connectivity index (χ4n) is 4.26. The molecule has 9 nitrogen and oxygen atoms in total. The highest BCUT2D eigenvalue weighted by Gasteiger charge is 2.41. The number of carbonyl (C=O) groups excluding carboxylic acids is 2. The number of carbonyl (C=O) groups is 2. The van der Waals surface area contributed by atoms with Gasteiger partial charge in [0, 0.05) is 25.4 Å². The zero-order valence-corrected chi connectivity index (χ0v) is 23.0. The Hall–Kier alpha value is -3.83. The first-order valence-electron chi connectivity index (χ1n) is 12.2. The Labute approximate surface area is 230 Å². The molecule has 0 saturated carbocycles. The number of hydrogen-bond donors (Lipinski definition) is 1. The van der Waals surface area contributed by atoms with E-state index in [0.29, 0.717) is 39.2 Å². The van der Waals surface area contributed by atoms with Crippen LogP contribution in [0, 0.1) is 5.82 Å². The van der Waals surface area contributed by atoms with Crippen LogP contribution in [-0.2, 0) is 25.6 Å². The fourth-order valence-corrected chi connectivity index (χ4v) is 5.22. The zero-order chi connectivity index (χ0) is 27.9. The lowest BCUT2D eigenvalue weighted by atomic mass is 9.93. The number of aliphatic imine (C=N–C) groups is 1. The summed E-state index contributed by atoms with van der Waals surface area (Å²) in [7, 11) is 4.63. The number of rotatable bonds is 11. The summed E-state index contributed by atoms with van der Waals surface area (Å²) in [5.41, 5.74) is 3.00. The predicted octanol–water partition coefficient (Wildman–Crippen LogP) is 4.31. The number of benzene rings is 2. The van der Waals surface area contributed by atoms with Crippen LogP contribution in [-0.4, -0.2) is 56.5 Å². The Morgan fingerprint density at radius 3 is 2.38 bits per heavy atom. The van der Waals surface area contributed by atoms with E-state index < -0.39 is 12.0 Å². The van der Waals surface area contributed by atoms with Crippen LogP contribution in [0.15, 0.2) is 69.8 Å². The van der Waals surface area contributed by atoms with Crippen molar-refractivity contribution in [3.05, 3.63) is 81.8 Å². The molecule has 0 bridgehead atoms. The van der Waals surface area contributed by atoms with E-state index in [4.69, 9.17) is 18.9 Å². The van der Waals surface area contributed by atoms with E-state index in [2.05, 4.69) is 10.3 Å². The van der Waals surface area contributed by atoms with Crippen LogP contribution in [0.5, 0.6) is 11.5 Å². The summed E-state index contributed by atoms with van der Waals surface area (Å²) in [4.78, 5) is 32.8. The predicted molar refractivity (Wildman–Crippen MR) is 146 cm³/mol. The normalized spacial score (nSPS) is 16.3. The minimum absolute atomic E-state index is 0.0376. The summed E-state index contributed by atoms with van der Waals surface area (Å²) >= 11 is 1.37. The van der Waals surface area contributed by atoms with Gasteiger partial charge in [-0.1, -0.05) is 23.9 Å². The number of esters is 1. The van der Waals surface area contributed by atoms with Crippen molar-refractivity contribution in [2.24, 2.45) is 4.99 Å². The lowest BCUT2D eigenvalue weighted by molar-refractivity contribution is -0.141. The Bertz CT molecular complexity index is 1300. The first-order chi connectivity index (χ1) is 18.8. The van der Waals surface area contributed by atoms with Gasteiger partial charge >= 0.3 is 5.97 Å². The number of amidine groups is 1. The van der Waals surface area contributed by atoms with E-state index in [9.17, 15) is 14.0 Å². The minimum atomic E-state index is -0.650. The van der Waals surface area contributed by atoms with E-state index in [-0.39, 0.29) is 37.9 Å². The minimum Gasteiger partial charge on any atom is -0.497 e. The summed E-state index contributed by atoms with van der Waals surface area (Å²) in [6, 6.07) is 10.7. The Morgan fingerprint density at radius 2 is 1.74 bits per heavy atom. The van der Waals surface area contributed by atoms with Gasteiger partial charge in [-0.05, 0) is 47.7 Å². The molecular weight excluding hydrogens is 525 g/mol. The van der Waals surface area contributed by atoms with Crippen molar-refractivity contribution in [2.75, 3.05) is 34.5 Å². The number of allylic oxidation sites excluding steroid dienone is 1. The molecule has 2 heterocycles. The third kappa shape index (κ3) is 6.61. The average Bonchev–Trinajstić information content (AvgIpc) is 3.33. The molecular formula is C28H30FN3O6S. The number of hydrogen-bond acceptors (Lipinski definition) is 9. The highest BCUT2D eigenvalue weighted by Crippen LogP contribution is 2.46. The highest BCUT2D eigenvalue weighted by molar-refractivity contribution is 8.16. The van der Waals surface area contributed by atoms with E-state index >= 15 is 0 Å². The summed E-state index contributed by atoms with van der Waals surface area (Å²) in [5.74, 6) is -0.00328. The maximum Gasteiger partial charge on any atom is 0.338 e. The van der Waals surface area contributed by atoms with E-state index in [0.717, 1.165) is 5.56 Å².